The molecule has 160 valence electrons. The first-order valence-electron chi connectivity index (χ1n) is 8.59. The molecule has 0 spiro atoms. The molecule has 1 heterocycles. The smallest absolute Gasteiger partial charge is 0.383 e. The fourth-order valence-corrected chi connectivity index (χ4v) is 4.54. The van der Waals surface area contributed by atoms with Gasteiger partial charge in [-0.3, -0.25) is 4.79 Å². The Morgan fingerprint density at radius 3 is 2.40 bits per heavy atom. The Bertz CT molecular complexity index is 1260. The Kier molecular flexibility index (Phi) is 6.16. The van der Waals surface area contributed by atoms with E-state index in [1.165, 1.54) is 19.2 Å². The molecule has 0 bridgehead atoms. The van der Waals surface area contributed by atoms with E-state index in [4.69, 9.17) is 4.74 Å². The van der Waals surface area contributed by atoms with Crippen molar-refractivity contribution in [1.82, 2.24) is 4.57 Å². The van der Waals surface area contributed by atoms with Gasteiger partial charge in [-0.1, -0.05) is 11.3 Å². The Morgan fingerprint density at radius 1 is 1.17 bits per heavy atom. The number of ether oxygens (including phenoxy) is 1. The maximum absolute atomic E-state index is 12.7. The molecule has 0 saturated carbocycles. The summed E-state index contributed by atoms with van der Waals surface area (Å²) in [5.41, 5.74) is -0.177. The lowest BCUT2D eigenvalue weighted by molar-refractivity contribution is -0.137. The highest BCUT2D eigenvalue weighted by Crippen LogP contribution is 2.29. The van der Waals surface area contributed by atoms with Crippen LogP contribution in [0.5, 0.6) is 0 Å². The number of thiazole rings is 1. The van der Waals surface area contributed by atoms with Gasteiger partial charge in [0.05, 0.1) is 27.3 Å². The van der Waals surface area contributed by atoms with Crippen LogP contribution >= 0.6 is 11.3 Å². The quantitative estimate of drug-likeness (QED) is 0.586. The monoisotopic (exact) mass is 458 g/mol. The third-order valence-electron chi connectivity index (χ3n) is 4.26. The number of sulfone groups is 1. The van der Waals surface area contributed by atoms with Crippen molar-refractivity contribution in [2.75, 3.05) is 20.0 Å². The molecule has 3 aromatic rings. The van der Waals surface area contributed by atoms with Crippen LogP contribution in [0.4, 0.5) is 13.2 Å². The molecular weight excluding hydrogens is 441 g/mol. The van der Waals surface area contributed by atoms with Crippen molar-refractivity contribution < 1.29 is 31.1 Å². The van der Waals surface area contributed by atoms with Gasteiger partial charge in [-0.05, 0) is 42.5 Å². The Hall–Kier alpha value is -2.50. The molecule has 0 aliphatic rings. The lowest BCUT2D eigenvalue weighted by Gasteiger charge is -2.06. The first kappa shape index (κ1) is 22.2. The second-order valence-electron chi connectivity index (χ2n) is 6.42. The first-order valence-corrected chi connectivity index (χ1v) is 11.3. The number of methoxy groups -OCH3 is 1. The number of amides is 1. The predicted octanol–water partition coefficient (Wildman–Crippen LogP) is 3.51. The van der Waals surface area contributed by atoms with E-state index in [0.29, 0.717) is 23.4 Å². The summed E-state index contributed by atoms with van der Waals surface area (Å²) in [5.74, 6) is -0.704. The topological polar surface area (TPSA) is 77.7 Å². The van der Waals surface area contributed by atoms with E-state index < -0.39 is 27.5 Å². The van der Waals surface area contributed by atoms with Crippen LogP contribution in [0.25, 0.3) is 10.2 Å². The number of rotatable bonds is 5. The number of carbonyl (C=O) groups excluding carboxylic acids is 1. The minimum atomic E-state index is -4.50. The molecule has 1 amide bonds. The van der Waals surface area contributed by atoms with Crippen molar-refractivity contribution in [2.24, 2.45) is 4.99 Å². The summed E-state index contributed by atoms with van der Waals surface area (Å²) in [5, 5.41) is 0. The molecule has 0 radical (unpaired) electrons. The van der Waals surface area contributed by atoms with Crippen molar-refractivity contribution in [3.8, 4) is 0 Å². The number of fused-ring (bicyclic) bond motifs is 1. The Morgan fingerprint density at radius 2 is 1.83 bits per heavy atom. The van der Waals surface area contributed by atoms with Gasteiger partial charge >= 0.3 is 6.18 Å². The van der Waals surface area contributed by atoms with Gasteiger partial charge < -0.3 is 9.30 Å². The number of hydrogen-bond donors (Lipinski definition) is 0. The van der Waals surface area contributed by atoms with E-state index in [1.54, 1.807) is 10.6 Å². The Balaban J connectivity index is 2.08. The van der Waals surface area contributed by atoms with Crippen LogP contribution in [-0.2, 0) is 27.3 Å². The molecule has 0 saturated heterocycles. The molecule has 1 aromatic heterocycles. The molecule has 0 aliphatic heterocycles. The zero-order valence-electron chi connectivity index (χ0n) is 15.9. The third-order valence-corrected chi connectivity index (χ3v) is 6.41. The van der Waals surface area contributed by atoms with E-state index in [2.05, 4.69) is 4.99 Å². The molecule has 0 unspecified atom stereocenters. The van der Waals surface area contributed by atoms with Crippen LogP contribution < -0.4 is 4.80 Å². The molecule has 2 aromatic carbocycles. The summed E-state index contributed by atoms with van der Waals surface area (Å²) in [6.45, 7) is 0.676. The highest BCUT2D eigenvalue weighted by Gasteiger charge is 2.30. The molecule has 0 N–H and O–H groups in total. The van der Waals surface area contributed by atoms with Gasteiger partial charge in [-0.25, -0.2) is 8.42 Å². The number of halogens is 3. The number of carbonyl (C=O) groups is 1. The van der Waals surface area contributed by atoms with Gasteiger partial charge in [0.2, 0.25) is 0 Å². The summed E-state index contributed by atoms with van der Waals surface area (Å²) < 4.78 is 69.2. The van der Waals surface area contributed by atoms with E-state index in [0.717, 1.165) is 41.9 Å². The van der Waals surface area contributed by atoms with Crippen LogP contribution in [0.15, 0.2) is 52.4 Å². The van der Waals surface area contributed by atoms with Gasteiger partial charge in [0.25, 0.3) is 5.91 Å². The number of hydrogen-bond acceptors (Lipinski definition) is 5. The number of alkyl halides is 3. The van der Waals surface area contributed by atoms with Crippen LogP contribution in [0, 0.1) is 0 Å². The summed E-state index contributed by atoms with van der Waals surface area (Å²) in [7, 11) is -1.90. The summed E-state index contributed by atoms with van der Waals surface area (Å²) in [4.78, 5) is 17.0. The first-order chi connectivity index (χ1) is 14.0. The van der Waals surface area contributed by atoms with Gasteiger partial charge in [-0.2, -0.15) is 18.2 Å². The molecule has 6 nitrogen and oxygen atoms in total. The molecule has 0 atom stereocenters. The minimum absolute atomic E-state index is 0.00979. The van der Waals surface area contributed by atoms with Crippen LogP contribution in [0.1, 0.15) is 15.9 Å². The van der Waals surface area contributed by atoms with Crippen molar-refractivity contribution in [3.63, 3.8) is 0 Å². The predicted molar refractivity (Wildman–Crippen MR) is 106 cm³/mol. The highest BCUT2D eigenvalue weighted by molar-refractivity contribution is 7.90. The second-order valence-corrected chi connectivity index (χ2v) is 9.45. The number of benzene rings is 2. The normalized spacial score (nSPS) is 13.2. The highest BCUT2D eigenvalue weighted by atomic mass is 32.2. The average molecular weight is 458 g/mol. The standard InChI is InChI=1S/C19H17F3N2O4S2/c1-28-10-9-24-15-8-7-14(30(2,26)27)11-16(15)29-18(24)23-17(25)12-3-5-13(6-4-12)19(20,21)22/h3-8,11H,9-10H2,1-2H3. The van der Waals surface area contributed by atoms with Gasteiger partial charge in [0.1, 0.15) is 0 Å². The summed E-state index contributed by atoms with van der Waals surface area (Å²) in [6.07, 6.45) is -3.40. The van der Waals surface area contributed by atoms with Crippen molar-refractivity contribution in [2.45, 2.75) is 17.6 Å². The summed E-state index contributed by atoms with van der Waals surface area (Å²) in [6, 6.07) is 8.39. The number of aromatic nitrogens is 1. The average Bonchev–Trinajstić information content (AvgIpc) is 3.01. The molecule has 0 fully saturated rings. The molecule has 11 heteroatoms. The molecule has 0 aliphatic carbocycles. The fraction of sp³-hybridized carbons (Fsp3) is 0.263. The number of nitrogens with zero attached hydrogens (tertiary/aromatic N) is 2. The second kappa shape index (κ2) is 8.32. The SMILES string of the molecule is COCCn1c(=NC(=O)c2ccc(C(F)(F)F)cc2)sc2cc(S(C)(=O)=O)ccc21. The molecular formula is C19H17F3N2O4S2. The van der Waals surface area contributed by atoms with Crippen molar-refractivity contribution in [1.29, 1.82) is 0 Å². The molecule has 3 rings (SSSR count). The van der Waals surface area contributed by atoms with Crippen LogP contribution in [0.3, 0.4) is 0 Å². The van der Waals surface area contributed by atoms with E-state index in [1.807, 2.05) is 0 Å². The van der Waals surface area contributed by atoms with E-state index in [-0.39, 0.29) is 15.3 Å². The van der Waals surface area contributed by atoms with Crippen molar-refractivity contribution >= 4 is 37.3 Å². The molecule has 30 heavy (non-hydrogen) atoms. The Labute approximate surface area is 174 Å². The van der Waals surface area contributed by atoms with Crippen LogP contribution in [0.2, 0.25) is 0 Å². The zero-order valence-corrected chi connectivity index (χ0v) is 17.6. The maximum Gasteiger partial charge on any atom is 0.416 e. The third kappa shape index (κ3) is 4.79. The van der Waals surface area contributed by atoms with Gasteiger partial charge in [-0.15, -0.1) is 0 Å². The van der Waals surface area contributed by atoms with E-state index in [9.17, 15) is 26.4 Å². The largest absolute Gasteiger partial charge is 0.416 e. The van der Waals surface area contributed by atoms with Gasteiger partial charge in [0, 0.05) is 25.5 Å². The van der Waals surface area contributed by atoms with Gasteiger partial charge in [0.15, 0.2) is 14.6 Å². The maximum atomic E-state index is 12.7. The van der Waals surface area contributed by atoms with Crippen molar-refractivity contribution in [3.05, 3.63) is 58.4 Å². The van der Waals surface area contributed by atoms with E-state index >= 15 is 0 Å². The minimum Gasteiger partial charge on any atom is -0.383 e. The lowest BCUT2D eigenvalue weighted by atomic mass is 10.1. The van der Waals surface area contributed by atoms with Crippen LogP contribution in [-0.4, -0.2) is 38.9 Å². The lowest BCUT2D eigenvalue weighted by Crippen LogP contribution is -2.19. The fourth-order valence-electron chi connectivity index (χ4n) is 2.72. The summed E-state index contributed by atoms with van der Waals surface area (Å²) >= 11 is 1.11. The zero-order chi connectivity index (χ0) is 22.1.